The number of benzene rings is 2. The Balaban J connectivity index is 1.55. The van der Waals surface area contributed by atoms with Crippen LogP contribution >= 0.6 is 0 Å². The average molecular weight is 412 g/mol. The molecule has 0 spiro atoms. The first-order valence-electron chi connectivity index (χ1n) is 10.1. The summed E-state index contributed by atoms with van der Waals surface area (Å²) >= 11 is 0. The zero-order valence-corrected chi connectivity index (χ0v) is 17.1. The van der Waals surface area contributed by atoms with E-state index in [1.807, 2.05) is 13.0 Å². The number of aliphatic hydroxyl groups is 1. The lowest BCUT2D eigenvalue weighted by molar-refractivity contribution is 0.0554. The van der Waals surface area contributed by atoms with Crippen LogP contribution in [0.25, 0.3) is 0 Å². The third kappa shape index (κ3) is 2.72. The smallest absolute Gasteiger partial charge is 0.178 e. The number of ketones is 1. The number of hydrogen-bond acceptors (Lipinski definition) is 7. The van der Waals surface area contributed by atoms with Crippen LogP contribution in [0, 0.1) is 5.92 Å². The summed E-state index contributed by atoms with van der Waals surface area (Å²) in [5, 5.41) is 9.48. The molecule has 1 N–H and O–H groups in total. The number of hydrogen-bond donors (Lipinski definition) is 1. The van der Waals surface area contributed by atoms with E-state index >= 15 is 0 Å². The molecule has 7 nitrogen and oxygen atoms in total. The Bertz CT molecular complexity index is 1020. The Kier molecular flexibility index (Phi) is 4.50. The van der Waals surface area contributed by atoms with E-state index in [1.54, 1.807) is 32.4 Å². The second kappa shape index (κ2) is 7.09. The summed E-state index contributed by atoms with van der Waals surface area (Å²) in [6.07, 6.45) is 0.0392. The van der Waals surface area contributed by atoms with Crippen LogP contribution < -0.4 is 23.7 Å². The first-order valence-corrected chi connectivity index (χ1v) is 10.1. The van der Waals surface area contributed by atoms with Crippen LogP contribution in [-0.2, 0) is 6.42 Å². The number of carbonyl (C=O) groups excluding carboxylic acids is 1. The van der Waals surface area contributed by atoms with Gasteiger partial charge in [-0.05, 0) is 18.2 Å². The molecule has 0 saturated heterocycles. The van der Waals surface area contributed by atoms with E-state index in [4.69, 9.17) is 23.7 Å². The van der Waals surface area contributed by atoms with Crippen LogP contribution in [0.2, 0.25) is 0 Å². The maximum absolute atomic E-state index is 13.6. The Labute approximate surface area is 174 Å². The molecule has 0 saturated carbocycles. The quantitative estimate of drug-likeness (QED) is 0.827. The van der Waals surface area contributed by atoms with Gasteiger partial charge in [0, 0.05) is 36.1 Å². The second-order valence-electron chi connectivity index (χ2n) is 7.99. The van der Waals surface area contributed by atoms with Crippen molar-refractivity contribution < 1.29 is 33.6 Å². The SMILES string of the molecule is COc1cc2c(cc1OC)[C@@H]1C(=O)c3ccc4c(c3O[C@@H]1CO2)C[C@H]([C@H](C)CO)O4. The monoisotopic (exact) mass is 412 g/mol. The van der Waals surface area contributed by atoms with Gasteiger partial charge in [-0.1, -0.05) is 6.92 Å². The number of rotatable bonds is 4. The normalized spacial score (nSPS) is 24.3. The van der Waals surface area contributed by atoms with Gasteiger partial charge in [-0.3, -0.25) is 4.79 Å². The topological polar surface area (TPSA) is 83.5 Å². The minimum absolute atomic E-state index is 0.000485. The van der Waals surface area contributed by atoms with Gasteiger partial charge in [-0.25, -0.2) is 0 Å². The Morgan fingerprint density at radius 2 is 1.90 bits per heavy atom. The van der Waals surface area contributed by atoms with Gasteiger partial charge >= 0.3 is 0 Å². The van der Waals surface area contributed by atoms with Crippen molar-refractivity contribution in [1.29, 1.82) is 0 Å². The van der Waals surface area contributed by atoms with E-state index in [1.165, 1.54) is 0 Å². The highest BCUT2D eigenvalue weighted by Crippen LogP contribution is 2.49. The van der Waals surface area contributed by atoms with Crippen LogP contribution in [0.5, 0.6) is 28.7 Å². The van der Waals surface area contributed by atoms with Crippen LogP contribution in [0.4, 0.5) is 0 Å². The fourth-order valence-electron chi connectivity index (χ4n) is 4.53. The van der Waals surface area contributed by atoms with Gasteiger partial charge in [0.2, 0.25) is 0 Å². The fraction of sp³-hybridized carbons (Fsp3) is 0.435. The molecule has 0 aromatic heterocycles. The molecule has 3 aliphatic heterocycles. The van der Waals surface area contributed by atoms with Crippen molar-refractivity contribution in [3.8, 4) is 28.7 Å². The minimum Gasteiger partial charge on any atom is -0.493 e. The van der Waals surface area contributed by atoms with Crippen molar-refractivity contribution in [2.24, 2.45) is 5.92 Å². The molecule has 0 bridgehead atoms. The fourth-order valence-corrected chi connectivity index (χ4v) is 4.53. The maximum atomic E-state index is 13.6. The van der Waals surface area contributed by atoms with Gasteiger partial charge in [0.25, 0.3) is 0 Å². The molecular formula is C23H24O7. The summed E-state index contributed by atoms with van der Waals surface area (Å²) in [4.78, 5) is 13.6. The van der Waals surface area contributed by atoms with Crippen LogP contribution in [0.15, 0.2) is 24.3 Å². The number of methoxy groups -OCH3 is 2. The predicted molar refractivity (Wildman–Crippen MR) is 107 cm³/mol. The van der Waals surface area contributed by atoms with Crippen LogP contribution in [0.1, 0.15) is 34.3 Å². The molecule has 0 amide bonds. The van der Waals surface area contributed by atoms with E-state index in [0.29, 0.717) is 40.7 Å². The first kappa shape index (κ1) is 19.1. The lowest BCUT2D eigenvalue weighted by atomic mass is 9.81. The van der Waals surface area contributed by atoms with E-state index in [9.17, 15) is 9.90 Å². The molecule has 0 unspecified atom stereocenters. The Hall–Kier alpha value is -2.93. The lowest BCUT2D eigenvalue weighted by Gasteiger charge is -2.37. The van der Waals surface area contributed by atoms with Crippen molar-refractivity contribution in [2.75, 3.05) is 27.4 Å². The summed E-state index contributed by atoms with van der Waals surface area (Å²) in [5.41, 5.74) is 2.18. The third-order valence-corrected chi connectivity index (χ3v) is 6.27. The molecule has 158 valence electrons. The predicted octanol–water partition coefficient (Wildman–Crippen LogP) is 2.76. The molecule has 0 fully saturated rings. The maximum Gasteiger partial charge on any atom is 0.178 e. The van der Waals surface area contributed by atoms with Gasteiger partial charge in [-0.2, -0.15) is 0 Å². The van der Waals surface area contributed by atoms with E-state index in [-0.39, 0.29) is 31.0 Å². The molecule has 3 aliphatic rings. The van der Waals surface area contributed by atoms with Gasteiger partial charge in [0.15, 0.2) is 17.3 Å². The molecule has 4 atom stereocenters. The zero-order valence-electron chi connectivity index (χ0n) is 17.1. The summed E-state index contributed by atoms with van der Waals surface area (Å²) in [6.45, 7) is 2.25. The van der Waals surface area contributed by atoms with Crippen LogP contribution in [-0.4, -0.2) is 50.5 Å². The number of carbonyl (C=O) groups is 1. The molecule has 30 heavy (non-hydrogen) atoms. The van der Waals surface area contributed by atoms with Crippen LogP contribution in [0.3, 0.4) is 0 Å². The molecular weight excluding hydrogens is 388 g/mol. The number of fused-ring (bicyclic) bond motifs is 6. The molecule has 2 aromatic carbocycles. The Morgan fingerprint density at radius 1 is 1.13 bits per heavy atom. The summed E-state index contributed by atoms with van der Waals surface area (Å²) in [7, 11) is 3.13. The van der Waals surface area contributed by atoms with Gasteiger partial charge in [0.05, 0.1) is 25.7 Å². The second-order valence-corrected chi connectivity index (χ2v) is 7.99. The summed E-state index contributed by atoms with van der Waals surface area (Å²) in [6, 6.07) is 7.15. The first-order chi connectivity index (χ1) is 14.5. The van der Waals surface area contributed by atoms with Crippen molar-refractivity contribution in [3.63, 3.8) is 0 Å². The molecule has 2 aromatic rings. The average Bonchev–Trinajstić information content (AvgIpc) is 3.22. The zero-order chi connectivity index (χ0) is 21.0. The highest BCUT2D eigenvalue weighted by Gasteiger charge is 2.45. The summed E-state index contributed by atoms with van der Waals surface area (Å²) in [5.74, 6) is 2.52. The molecule has 5 rings (SSSR count). The van der Waals surface area contributed by atoms with Gasteiger partial charge < -0.3 is 28.8 Å². The molecule has 0 aliphatic carbocycles. The highest BCUT2D eigenvalue weighted by molar-refractivity contribution is 6.06. The van der Waals surface area contributed by atoms with Gasteiger partial charge in [-0.15, -0.1) is 0 Å². The van der Waals surface area contributed by atoms with E-state index in [0.717, 1.165) is 11.1 Å². The highest BCUT2D eigenvalue weighted by atomic mass is 16.5. The van der Waals surface area contributed by atoms with Crippen molar-refractivity contribution in [1.82, 2.24) is 0 Å². The molecule has 7 heteroatoms. The molecule has 3 heterocycles. The van der Waals surface area contributed by atoms with Gasteiger partial charge in [0.1, 0.15) is 36.1 Å². The number of Topliss-reactive ketones (excluding diaryl/α,β-unsaturated/α-hetero) is 1. The van der Waals surface area contributed by atoms with Crippen molar-refractivity contribution in [3.05, 3.63) is 41.0 Å². The number of ether oxygens (including phenoxy) is 5. The lowest BCUT2D eigenvalue weighted by Crippen LogP contribution is -2.43. The largest absolute Gasteiger partial charge is 0.493 e. The minimum atomic E-state index is -0.478. The standard InChI is InChI=1S/C23H24O7/c1-11(9-24)16-7-14-15(29-16)5-4-12-22(25)21-13-6-18(26-2)19(27-3)8-17(13)28-10-20(21)30-23(12)14/h4-6,8,11,16,20-21,24H,7,9-10H2,1-3H3/t11-,16-,20-,21+/m1/s1. The Morgan fingerprint density at radius 3 is 2.63 bits per heavy atom. The van der Waals surface area contributed by atoms with E-state index < -0.39 is 12.0 Å². The third-order valence-electron chi connectivity index (χ3n) is 6.27. The van der Waals surface area contributed by atoms with E-state index in [2.05, 4.69) is 0 Å². The number of aliphatic hydroxyl groups excluding tert-OH is 1. The van der Waals surface area contributed by atoms with Crippen molar-refractivity contribution in [2.45, 2.75) is 31.5 Å². The van der Waals surface area contributed by atoms with Crippen molar-refractivity contribution >= 4 is 5.78 Å². The summed E-state index contributed by atoms with van der Waals surface area (Å²) < 4.78 is 29.0. The molecule has 0 radical (unpaired) electrons.